The van der Waals surface area contributed by atoms with Gasteiger partial charge in [0.1, 0.15) is 16.3 Å². The molecule has 0 bridgehead atoms. The Morgan fingerprint density at radius 1 is 1.41 bits per heavy atom. The first-order valence-electron chi connectivity index (χ1n) is 5.67. The van der Waals surface area contributed by atoms with E-state index in [1.54, 1.807) is 11.3 Å². The number of pyridine rings is 1. The molecule has 3 aromatic heterocycles. The normalized spacial score (nSPS) is 11.2. The maximum atomic E-state index is 4.66. The van der Waals surface area contributed by atoms with Gasteiger partial charge in [0, 0.05) is 12.6 Å². The van der Waals surface area contributed by atoms with Crippen molar-refractivity contribution in [1.82, 2.24) is 14.5 Å². The molecule has 0 spiro atoms. The number of aryl methyl sites for hydroxylation is 2. The summed E-state index contributed by atoms with van der Waals surface area (Å²) < 4.78 is 2.15. The van der Waals surface area contributed by atoms with Crippen LogP contribution in [-0.2, 0) is 6.42 Å². The zero-order valence-electron chi connectivity index (χ0n) is 9.84. The van der Waals surface area contributed by atoms with Crippen LogP contribution in [0.15, 0.2) is 29.8 Å². The quantitative estimate of drug-likeness (QED) is 0.691. The second-order valence-corrected chi connectivity index (χ2v) is 4.95. The fourth-order valence-corrected chi connectivity index (χ4v) is 2.73. The van der Waals surface area contributed by atoms with Crippen molar-refractivity contribution in [3.05, 3.63) is 41.2 Å². The highest BCUT2D eigenvalue weighted by Gasteiger charge is 2.12. The summed E-state index contributed by atoms with van der Waals surface area (Å²) in [5, 5.41) is 3.26. The molecule has 4 heteroatoms. The van der Waals surface area contributed by atoms with E-state index in [0.29, 0.717) is 0 Å². The van der Waals surface area contributed by atoms with Crippen LogP contribution in [0.5, 0.6) is 0 Å². The van der Waals surface area contributed by atoms with Crippen LogP contribution in [-0.4, -0.2) is 14.5 Å². The van der Waals surface area contributed by atoms with E-state index in [1.807, 2.05) is 13.1 Å². The summed E-state index contributed by atoms with van der Waals surface area (Å²) in [5.74, 6) is 1.07. The third-order valence-electron chi connectivity index (χ3n) is 2.75. The van der Waals surface area contributed by atoms with Gasteiger partial charge in [0.05, 0.1) is 0 Å². The molecule has 0 atom stereocenters. The van der Waals surface area contributed by atoms with E-state index >= 15 is 0 Å². The summed E-state index contributed by atoms with van der Waals surface area (Å²) in [6.45, 7) is 4.17. The molecule has 0 unspecified atom stereocenters. The molecule has 86 valence electrons. The summed E-state index contributed by atoms with van der Waals surface area (Å²) >= 11 is 1.71. The molecule has 0 N–H and O–H groups in total. The zero-order valence-corrected chi connectivity index (χ0v) is 10.7. The van der Waals surface area contributed by atoms with Gasteiger partial charge in [-0.25, -0.2) is 9.97 Å². The molecule has 0 aliphatic carbocycles. The Morgan fingerprint density at radius 2 is 2.29 bits per heavy atom. The van der Waals surface area contributed by atoms with E-state index in [4.69, 9.17) is 0 Å². The van der Waals surface area contributed by atoms with Crippen LogP contribution in [0.25, 0.3) is 16.2 Å². The summed E-state index contributed by atoms with van der Waals surface area (Å²) in [6.07, 6.45) is 2.81. The topological polar surface area (TPSA) is 30.7 Å². The Labute approximate surface area is 104 Å². The molecule has 17 heavy (non-hydrogen) atoms. The van der Waals surface area contributed by atoms with Gasteiger partial charge in [-0.3, -0.25) is 4.57 Å². The Kier molecular flexibility index (Phi) is 2.44. The van der Waals surface area contributed by atoms with E-state index in [9.17, 15) is 0 Å². The largest absolute Gasteiger partial charge is 0.271 e. The molecule has 0 aliphatic rings. The van der Waals surface area contributed by atoms with E-state index in [-0.39, 0.29) is 0 Å². The fraction of sp³-hybridized carbons (Fsp3) is 0.231. The Hall–Kier alpha value is -1.68. The number of rotatable bonds is 2. The van der Waals surface area contributed by atoms with Crippen LogP contribution in [0.2, 0.25) is 0 Å². The maximum Gasteiger partial charge on any atom is 0.165 e. The first-order valence-corrected chi connectivity index (χ1v) is 6.55. The predicted molar refractivity (Wildman–Crippen MR) is 70.9 cm³/mol. The van der Waals surface area contributed by atoms with Gasteiger partial charge in [0.25, 0.3) is 0 Å². The van der Waals surface area contributed by atoms with Gasteiger partial charge in [0.15, 0.2) is 5.65 Å². The standard InChI is InChI=1S/C13H13N3S/c1-3-11-15-10-7-9(2)8-14-13(10)16(11)12-5-4-6-17-12/h4-8H,3H2,1-2H3. The zero-order chi connectivity index (χ0) is 11.8. The van der Waals surface area contributed by atoms with E-state index in [2.05, 4.69) is 45.0 Å². The van der Waals surface area contributed by atoms with Gasteiger partial charge in [-0.2, -0.15) is 0 Å². The Morgan fingerprint density at radius 3 is 3.00 bits per heavy atom. The van der Waals surface area contributed by atoms with Gasteiger partial charge in [0.2, 0.25) is 0 Å². The molecule has 0 fully saturated rings. The third-order valence-corrected chi connectivity index (χ3v) is 3.60. The highest BCUT2D eigenvalue weighted by molar-refractivity contribution is 7.12. The SMILES string of the molecule is CCc1nc2cc(C)cnc2n1-c1cccs1. The van der Waals surface area contributed by atoms with Crippen LogP contribution in [0, 0.1) is 6.92 Å². The van der Waals surface area contributed by atoms with Crippen LogP contribution < -0.4 is 0 Å². The van der Waals surface area contributed by atoms with Crippen LogP contribution in [0.3, 0.4) is 0 Å². The Balaban J connectivity index is 2.35. The van der Waals surface area contributed by atoms with Crippen molar-refractivity contribution < 1.29 is 0 Å². The molecular formula is C13H13N3S. The van der Waals surface area contributed by atoms with Gasteiger partial charge < -0.3 is 0 Å². The number of thiophene rings is 1. The number of hydrogen-bond acceptors (Lipinski definition) is 3. The smallest absolute Gasteiger partial charge is 0.165 e. The lowest BCUT2D eigenvalue weighted by molar-refractivity contribution is 0.912. The molecule has 0 radical (unpaired) electrons. The van der Waals surface area contributed by atoms with Crippen molar-refractivity contribution in [1.29, 1.82) is 0 Å². The van der Waals surface area contributed by atoms with Gasteiger partial charge in [-0.05, 0) is 36.1 Å². The monoisotopic (exact) mass is 243 g/mol. The number of imidazole rings is 1. The summed E-state index contributed by atoms with van der Waals surface area (Å²) in [4.78, 5) is 9.17. The molecule has 0 aliphatic heterocycles. The highest BCUT2D eigenvalue weighted by atomic mass is 32.1. The summed E-state index contributed by atoms with van der Waals surface area (Å²) in [6, 6.07) is 6.25. The minimum Gasteiger partial charge on any atom is -0.271 e. The lowest BCUT2D eigenvalue weighted by Gasteiger charge is -2.03. The Bertz CT molecular complexity index is 653. The molecule has 0 amide bonds. The number of hydrogen-bond donors (Lipinski definition) is 0. The minimum atomic E-state index is 0.910. The molecule has 0 aromatic carbocycles. The lowest BCUT2D eigenvalue weighted by Crippen LogP contribution is -1.98. The summed E-state index contributed by atoms with van der Waals surface area (Å²) in [5.41, 5.74) is 3.08. The second kappa shape index (κ2) is 3.96. The van der Waals surface area contributed by atoms with Crippen LogP contribution in [0.1, 0.15) is 18.3 Å². The molecule has 3 heterocycles. The third kappa shape index (κ3) is 1.65. The van der Waals surface area contributed by atoms with Gasteiger partial charge in [-0.1, -0.05) is 6.92 Å². The van der Waals surface area contributed by atoms with Crippen molar-refractivity contribution in [2.45, 2.75) is 20.3 Å². The average Bonchev–Trinajstić information content (AvgIpc) is 2.93. The highest BCUT2D eigenvalue weighted by Crippen LogP contribution is 2.24. The predicted octanol–water partition coefficient (Wildman–Crippen LogP) is 3.35. The number of aromatic nitrogens is 3. The summed E-state index contributed by atoms with van der Waals surface area (Å²) in [7, 11) is 0. The van der Waals surface area contributed by atoms with Crippen molar-refractivity contribution in [2.24, 2.45) is 0 Å². The van der Waals surface area contributed by atoms with Crippen LogP contribution >= 0.6 is 11.3 Å². The van der Waals surface area contributed by atoms with Gasteiger partial charge >= 0.3 is 0 Å². The molecule has 3 nitrogen and oxygen atoms in total. The fourth-order valence-electron chi connectivity index (χ4n) is 1.98. The lowest BCUT2D eigenvalue weighted by atomic mass is 10.3. The number of fused-ring (bicyclic) bond motifs is 1. The number of nitrogens with zero attached hydrogens (tertiary/aromatic N) is 3. The molecule has 0 saturated carbocycles. The van der Waals surface area contributed by atoms with Crippen molar-refractivity contribution in [3.8, 4) is 5.00 Å². The second-order valence-electron chi connectivity index (χ2n) is 4.02. The average molecular weight is 243 g/mol. The van der Waals surface area contributed by atoms with Crippen LogP contribution in [0.4, 0.5) is 0 Å². The maximum absolute atomic E-state index is 4.66. The van der Waals surface area contributed by atoms with Gasteiger partial charge in [-0.15, -0.1) is 11.3 Å². The van der Waals surface area contributed by atoms with E-state index < -0.39 is 0 Å². The van der Waals surface area contributed by atoms with E-state index in [0.717, 1.165) is 29.0 Å². The molecule has 3 aromatic rings. The van der Waals surface area contributed by atoms with Crippen molar-refractivity contribution in [3.63, 3.8) is 0 Å². The first-order chi connectivity index (χ1) is 8.29. The van der Waals surface area contributed by atoms with Crippen molar-refractivity contribution >= 4 is 22.5 Å². The molecule has 0 saturated heterocycles. The van der Waals surface area contributed by atoms with Crippen molar-refractivity contribution in [2.75, 3.05) is 0 Å². The van der Waals surface area contributed by atoms with E-state index in [1.165, 1.54) is 5.00 Å². The minimum absolute atomic E-state index is 0.910. The first kappa shape index (κ1) is 10.5. The molecule has 3 rings (SSSR count). The molecular weight excluding hydrogens is 230 g/mol.